The van der Waals surface area contributed by atoms with Crippen LogP contribution in [0, 0.1) is 0 Å². The number of nitrogens with one attached hydrogen (secondary N) is 2. The van der Waals surface area contributed by atoms with E-state index in [0.717, 1.165) is 51.7 Å². The highest BCUT2D eigenvalue weighted by molar-refractivity contribution is 6.01. The van der Waals surface area contributed by atoms with Gasteiger partial charge < -0.3 is 24.8 Å². The molecular weight excluding hydrogens is 416 g/mol. The summed E-state index contributed by atoms with van der Waals surface area (Å²) >= 11 is 0. The third-order valence-electron chi connectivity index (χ3n) is 6.62. The predicted molar refractivity (Wildman–Crippen MR) is 126 cm³/mol. The quantitative estimate of drug-likeness (QED) is 0.568. The molecule has 2 aliphatic heterocycles. The minimum atomic E-state index is -0.295. The zero-order valence-electron chi connectivity index (χ0n) is 18.3. The van der Waals surface area contributed by atoms with Crippen LogP contribution in [0.1, 0.15) is 35.9 Å². The standard InChI is InChI=1S/C27H24N2O4/c1-31-23-9-5-2-6-18(23)17-12-21-26(22(30)13-17)27(29-20-8-4-3-7-19(20)28-21)16-10-11-24-25(14-16)33-15-32-24/h2-11,14,17,27-29H,12-13,15H2,1H3/t17-,27+/m0/s1. The Morgan fingerprint density at radius 3 is 2.58 bits per heavy atom. The van der Waals surface area contributed by atoms with Crippen molar-refractivity contribution in [1.82, 2.24) is 0 Å². The van der Waals surface area contributed by atoms with Crippen LogP contribution < -0.4 is 24.8 Å². The molecular formula is C27H24N2O4. The Bertz CT molecular complexity index is 1280. The Hall–Kier alpha value is -3.93. The lowest BCUT2D eigenvalue weighted by molar-refractivity contribution is -0.116. The topological polar surface area (TPSA) is 68.8 Å². The molecule has 0 spiro atoms. The van der Waals surface area contributed by atoms with Crippen LogP contribution in [0.25, 0.3) is 0 Å². The first-order valence-corrected chi connectivity index (χ1v) is 11.1. The lowest BCUT2D eigenvalue weighted by Gasteiger charge is -2.30. The molecule has 3 aromatic rings. The maximum absolute atomic E-state index is 13.7. The number of rotatable bonds is 3. The average molecular weight is 440 g/mol. The number of fused-ring (bicyclic) bond motifs is 2. The van der Waals surface area contributed by atoms with Crippen molar-refractivity contribution >= 4 is 17.2 Å². The van der Waals surface area contributed by atoms with E-state index in [-0.39, 0.29) is 24.5 Å². The smallest absolute Gasteiger partial charge is 0.231 e. The zero-order valence-corrected chi connectivity index (χ0v) is 18.3. The number of methoxy groups -OCH3 is 1. The molecule has 6 nitrogen and oxygen atoms in total. The van der Waals surface area contributed by atoms with Gasteiger partial charge in [-0.05, 0) is 47.9 Å². The molecule has 3 aromatic carbocycles. The third kappa shape index (κ3) is 3.39. The van der Waals surface area contributed by atoms with Gasteiger partial charge in [0.15, 0.2) is 17.3 Å². The number of allylic oxidation sites excluding steroid dienone is 1. The second-order valence-electron chi connectivity index (χ2n) is 8.52. The average Bonchev–Trinajstić information content (AvgIpc) is 3.24. The molecule has 1 aliphatic carbocycles. The van der Waals surface area contributed by atoms with E-state index in [1.54, 1.807) is 7.11 Å². The molecule has 0 fully saturated rings. The maximum Gasteiger partial charge on any atom is 0.231 e. The molecule has 0 aromatic heterocycles. The summed E-state index contributed by atoms with van der Waals surface area (Å²) in [5, 5.41) is 7.19. The van der Waals surface area contributed by atoms with Crippen molar-refractivity contribution in [3.8, 4) is 17.2 Å². The number of anilines is 2. The Labute approximate surface area is 192 Å². The second kappa shape index (κ2) is 7.89. The molecule has 0 amide bonds. The van der Waals surface area contributed by atoms with Gasteiger partial charge in [0.25, 0.3) is 0 Å². The number of benzene rings is 3. The van der Waals surface area contributed by atoms with Crippen molar-refractivity contribution in [2.75, 3.05) is 24.5 Å². The van der Waals surface area contributed by atoms with Crippen molar-refractivity contribution in [3.05, 3.63) is 89.1 Å². The first-order valence-electron chi connectivity index (χ1n) is 11.1. The van der Waals surface area contributed by atoms with Gasteiger partial charge in [-0.2, -0.15) is 0 Å². The van der Waals surface area contributed by atoms with E-state index in [2.05, 4.69) is 16.7 Å². The number of carbonyl (C=O) groups excluding carboxylic acids is 1. The molecule has 0 unspecified atom stereocenters. The molecule has 2 atom stereocenters. The molecule has 2 N–H and O–H groups in total. The summed E-state index contributed by atoms with van der Waals surface area (Å²) in [7, 11) is 1.67. The van der Waals surface area contributed by atoms with Gasteiger partial charge in [0, 0.05) is 23.6 Å². The van der Waals surface area contributed by atoms with E-state index in [1.165, 1.54) is 0 Å². The van der Waals surface area contributed by atoms with E-state index < -0.39 is 0 Å². The lowest BCUT2D eigenvalue weighted by Crippen LogP contribution is -2.27. The molecule has 0 bridgehead atoms. The molecule has 166 valence electrons. The minimum absolute atomic E-state index is 0.0440. The normalized spacial score (nSPS) is 20.8. The van der Waals surface area contributed by atoms with Crippen molar-refractivity contribution in [3.63, 3.8) is 0 Å². The van der Waals surface area contributed by atoms with Crippen LogP contribution in [0.4, 0.5) is 11.4 Å². The van der Waals surface area contributed by atoms with Crippen LogP contribution in [0.5, 0.6) is 17.2 Å². The molecule has 6 heteroatoms. The monoisotopic (exact) mass is 440 g/mol. The fourth-order valence-electron chi connectivity index (χ4n) is 5.06. The summed E-state index contributed by atoms with van der Waals surface area (Å²) < 4.78 is 16.7. The van der Waals surface area contributed by atoms with Crippen LogP contribution in [0.15, 0.2) is 78.0 Å². The van der Waals surface area contributed by atoms with Gasteiger partial charge >= 0.3 is 0 Å². The van der Waals surface area contributed by atoms with Crippen LogP contribution in [0.3, 0.4) is 0 Å². The van der Waals surface area contributed by atoms with Gasteiger partial charge in [-0.25, -0.2) is 0 Å². The van der Waals surface area contributed by atoms with Gasteiger partial charge in [-0.15, -0.1) is 0 Å². The molecule has 0 saturated heterocycles. The molecule has 2 heterocycles. The van der Waals surface area contributed by atoms with Crippen molar-refractivity contribution in [2.45, 2.75) is 24.8 Å². The Morgan fingerprint density at radius 1 is 0.909 bits per heavy atom. The number of ketones is 1. The number of ether oxygens (including phenoxy) is 3. The lowest BCUT2D eigenvalue weighted by atomic mass is 9.78. The van der Waals surface area contributed by atoms with Gasteiger partial charge in [-0.1, -0.05) is 36.4 Å². The highest BCUT2D eigenvalue weighted by Crippen LogP contribution is 2.46. The molecule has 3 aliphatic rings. The van der Waals surface area contributed by atoms with E-state index in [9.17, 15) is 4.79 Å². The fraction of sp³-hybridized carbons (Fsp3) is 0.222. The Balaban J connectivity index is 1.46. The predicted octanol–water partition coefficient (Wildman–Crippen LogP) is 5.40. The summed E-state index contributed by atoms with van der Waals surface area (Å²) in [5.41, 5.74) is 5.66. The SMILES string of the molecule is COc1ccccc1[C@@H]1CC(=O)C2=C(C1)Nc1ccccc1N[C@@H]2c1ccc2c(c1)OCO2. The summed E-state index contributed by atoms with van der Waals surface area (Å²) in [5.74, 6) is 2.42. The number of carbonyl (C=O) groups is 1. The van der Waals surface area contributed by atoms with Crippen molar-refractivity contribution in [1.29, 1.82) is 0 Å². The first-order chi connectivity index (χ1) is 16.2. The Morgan fingerprint density at radius 2 is 1.70 bits per heavy atom. The number of para-hydroxylation sites is 3. The van der Waals surface area contributed by atoms with Crippen LogP contribution in [0.2, 0.25) is 0 Å². The highest BCUT2D eigenvalue weighted by atomic mass is 16.7. The zero-order chi connectivity index (χ0) is 22.4. The van der Waals surface area contributed by atoms with Crippen LogP contribution >= 0.6 is 0 Å². The summed E-state index contributed by atoms with van der Waals surface area (Å²) in [6, 6.07) is 21.6. The third-order valence-corrected chi connectivity index (χ3v) is 6.62. The maximum atomic E-state index is 13.7. The highest BCUT2D eigenvalue weighted by Gasteiger charge is 2.37. The van der Waals surface area contributed by atoms with Gasteiger partial charge in [-0.3, -0.25) is 4.79 Å². The summed E-state index contributed by atoms with van der Waals surface area (Å²) in [6.07, 6.45) is 1.15. The van der Waals surface area contributed by atoms with E-state index in [1.807, 2.05) is 60.7 Å². The van der Waals surface area contributed by atoms with Crippen LogP contribution in [-0.4, -0.2) is 19.7 Å². The number of hydrogen-bond donors (Lipinski definition) is 2. The van der Waals surface area contributed by atoms with E-state index in [0.29, 0.717) is 12.2 Å². The van der Waals surface area contributed by atoms with E-state index >= 15 is 0 Å². The van der Waals surface area contributed by atoms with Crippen molar-refractivity contribution < 1.29 is 19.0 Å². The fourth-order valence-corrected chi connectivity index (χ4v) is 5.06. The van der Waals surface area contributed by atoms with Gasteiger partial charge in [0.05, 0.1) is 24.5 Å². The molecule has 0 radical (unpaired) electrons. The molecule has 33 heavy (non-hydrogen) atoms. The largest absolute Gasteiger partial charge is 0.496 e. The summed E-state index contributed by atoms with van der Waals surface area (Å²) in [6.45, 7) is 0.217. The first kappa shape index (κ1) is 19.7. The van der Waals surface area contributed by atoms with E-state index in [4.69, 9.17) is 14.2 Å². The van der Waals surface area contributed by atoms with Gasteiger partial charge in [0.2, 0.25) is 6.79 Å². The molecule has 0 saturated carbocycles. The van der Waals surface area contributed by atoms with Crippen LogP contribution in [-0.2, 0) is 4.79 Å². The minimum Gasteiger partial charge on any atom is -0.496 e. The number of Topliss-reactive ketones (excluding diaryl/α,β-unsaturated/α-hetero) is 1. The second-order valence-corrected chi connectivity index (χ2v) is 8.52. The van der Waals surface area contributed by atoms with Crippen molar-refractivity contribution in [2.24, 2.45) is 0 Å². The Kier molecular flexibility index (Phi) is 4.72. The summed E-state index contributed by atoms with van der Waals surface area (Å²) in [4.78, 5) is 13.7. The molecule has 6 rings (SSSR count). The van der Waals surface area contributed by atoms with Gasteiger partial charge in [0.1, 0.15) is 5.75 Å². The number of hydrogen-bond acceptors (Lipinski definition) is 6.